The molecular formula is C16H19FN2O. The molecule has 2 rings (SSSR count). The van der Waals surface area contributed by atoms with Gasteiger partial charge in [-0.1, -0.05) is 19.1 Å². The van der Waals surface area contributed by atoms with Crippen molar-refractivity contribution in [2.45, 2.75) is 26.3 Å². The molecule has 0 aliphatic rings. The first kappa shape index (κ1) is 14.3. The van der Waals surface area contributed by atoms with E-state index in [4.69, 9.17) is 4.74 Å². The second kappa shape index (κ2) is 6.89. The lowest BCUT2D eigenvalue weighted by Crippen LogP contribution is -2.12. The molecule has 106 valence electrons. The number of aromatic nitrogens is 1. The minimum Gasteiger partial charge on any atom is -0.492 e. The lowest BCUT2D eigenvalue weighted by atomic mass is 10.1. The van der Waals surface area contributed by atoms with Crippen molar-refractivity contribution in [1.82, 2.24) is 4.98 Å². The van der Waals surface area contributed by atoms with E-state index in [0.29, 0.717) is 6.61 Å². The van der Waals surface area contributed by atoms with E-state index in [1.165, 1.54) is 12.3 Å². The molecule has 0 aliphatic heterocycles. The summed E-state index contributed by atoms with van der Waals surface area (Å²) in [5.74, 6) is 0.494. The summed E-state index contributed by atoms with van der Waals surface area (Å²) in [6, 6.07) is 11.0. The average Bonchev–Trinajstić information content (AvgIpc) is 2.48. The van der Waals surface area contributed by atoms with Crippen molar-refractivity contribution < 1.29 is 9.13 Å². The molecule has 2 aromatic rings. The third kappa shape index (κ3) is 3.47. The van der Waals surface area contributed by atoms with Gasteiger partial charge in [0.2, 0.25) is 0 Å². The maximum Gasteiger partial charge on any atom is 0.142 e. The number of hydrogen-bond acceptors (Lipinski definition) is 3. The monoisotopic (exact) mass is 274 g/mol. The number of ether oxygens (including phenoxy) is 1. The van der Waals surface area contributed by atoms with E-state index in [9.17, 15) is 4.39 Å². The van der Waals surface area contributed by atoms with Crippen LogP contribution in [-0.4, -0.2) is 11.6 Å². The minimum atomic E-state index is -0.321. The van der Waals surface area contributed by atoms with Gasteiger partial charge in [-0.15, -0.1) is 0 Å². The lowest BCUT2D eigenvalue weighted by molar-refractivity contribution is 0.341. The zero-order valence-corrected chi connectivity index (χ0v) is 11.8. The summed E-state index contributed by atoms with van der Waals surface area (Å²) in [6.07, 6.45) is 2.09. The summed E-state index contributed by atoms with van der Waals surface area (Å²) in [7, 11) is 0. The molecule has 1 unspecified atom stereocenters. The number of nitrogens with one attached hydrogen (secondary N) is 1. The number of anilines is 1. The topological polar surface area (TPSA) is 34.1 Å². The van der Waals surface area contributed by atoms with Crippen LogP contribution in [0.2, 0.25) is 0 Å². The van der Waals surface area contributed by atoms with Crippen LogP contribution in [-0.2, 0) is 0 Å². The molecule has 1 heterocycles. The summed E-state index contributed by atoms with van der Waals surface area (Å²) in [4.78, 5) is 4.14. The summed E-state index contributed by atoms with van der Waals surface area (Å²) in [5.41, 5.74) is 1.74. The van der Waals surface area contributed by atoms with Gasteiger partial charge in [-0.3, -0.25) is 4.98 Å². The fraction of sp³-hybridized carbons (Fsp3) is 0.312. The third-order valence-corrected chi connectivity index (χ3v) is 3.03. The van der Waals surface area contributed by atoms with Crippen LogP contribution < -0.4 is 10.1 Å². The molecule has 0 saturated heterocycles. The highest BCUT2D eigenvalue weighted by molar-refractivity contribution is 5.57. The maximum atomic E-state index is 12.9. The second-order valence-corrected chi connectivity index (χ2v) is 4.44. The minimum absolute atomic E-state index is 0.0252. The van der Waals surface area contributed by atoms with E-state index in [-0.39, 0.29) is 11.9 Å². The number of hydrogen-bond donors (Lipinski definition) is 1. The van der Waals surface area contributed by atoms with E-state index in [1.54, 1.807) is 6.07 Å². The number of benzene rings is 1. The van der Waals surface area contributed by atoms with Crippen LogP contribution in [0.1, 0.15) is 32.0 Å². The Hall–Kier alpha value is -2.10. The maximum absolute atomic E-state index is 12.9. The van der Waals surface area contributed by atoms with Gasteiger partial charge in [-0.25, -0.2) is 4.39 Å². The van der Waals surface area contributed by atoms with Gasteiger partial charge in [-0.2, -0.15) is 0 Å². The van der Waals surface area contributed by atoms with Crippen molar-refractivity contribution in [3.63, 3.8) is 0 Å². The van der Waals surface area contributed by atoms with E-state index in [1.807, 2.05) is 31.2 Å². The Kier molecular flexibility index (Phi) is 4.93. The molecular weight excluding hydrogens is 255 g/mol. The van der Waals surface area contributed by atoms with Gasteiger partial charge in [0.15, 0.2) is 0 Å². The van der Waals surface area contributed by atoms with Gasteiger partial charge in [-0.05, 0) is 37.6 Å². The van der Waals surface area contributed by atoms with Crippen molar-refractivity contribution in [3.05, 3.63) is 54.1 Å². The Balaban J connectivity index is 2.20. The fourth-order valence-corrected chi connectivity index (χ4v) is 2.03. The lowest BCUT2D eigenvalue weighted by Gasteiger charge is -2.20. The van der Waals surface area contributed by atoms with Crippen molar-refractivity contribution in [3.8, 4) is 5.75 Å². The standard InChI is InChI=1S/C16H19FN2O/c1-3-13(14-10-9-12(17)11-18-14)19-15-7-5-6-8-16(15)20-4-2/h5-11,13,19H,3-4H2,1-2H3. The van der Waals surface area contributed by atoms with Gasteiger partial charge < -0.3 is 10.1 Å². The Morgan fingerprint density at radius 2 is 2.00 bits per heavy atom. The molecule has 20 heavy (non-hydrogen) atoms. The molecule has 3 nitrogen and oxygen atoms in total. The predicted molar refractivity (Wildman–Crippen MR) is 78.5 cm³/mol. The van der Waals surface area contributed by atoms with Crippen LogP contribution in [0.3, 0.4) is 0 Å². The number of halogens is 1. The highest BCUT2D eigenvalue weighted by Gasteiger charge is 2.13. The van der Waals surface area contributed by atoms with Crippen LogP contribution in [0, 0.1) is 5.82 Å². The highest BCUT2D eigenvalue weighted by atomic mass is 19.1. The van der Waals surface area contributed by atoms with Gasteiger partial charge in [0.25, 0.3) is 0 Å². The van der Waals surface area contributed by atoms with Gasteiger partial charge in [0.1, 0.15) is 11.6 Å². The zero-order chi connectivity index (χ0) is 14.4. The number of nitrogens with zero attached hydrogens (tertiary/aromatic N) is 1. The SMILES string of the molecule is CCOc1ccccc1NC(CC)c1ccc(F)cn1. The van der Waals surface area contributed by atoms with Crippen molar-refractivity contribution >= 4 is 5.69 Å². The molecule has 0 amide bonds. The highest BCUT2D eigenvalue weighted by Crippen LogP contribution is 2.28. The Morgan fingerprint density at radius 1 is 1.20 bits per heavy atom. The Labute approximate surface area is 118 Å². The molecule has 0 saturated carbocycles. The van der Waals surface area contributed by atoms with Crippen LogP contribution in [0.4, 0.5) is 10.1 Å². The number of para-hydroxylation sites is 2. The Bertz CT molecular complexity index is 542. The van der Waals surface area contributed by atoms with Crippen molar-refractivity contribution in [2.75, 3.05) is 11.9 Å². The molecule has 0 spiro atoms. The molecule has 4 heteroatoms. The molecule has 1 aromatic carbocycles. The van der Waals surface area contributed by atoms with Crippen LogP contribution in [0.25, 0.3) is 0 Å². The normalized spacial score (nSPS) is 11.9. The predicted octanol–water partition coefficient (Wildman–Crippen LogP) is 4.18. The number of rotatable bonds is 6. The first-order chi connectivity index (χ1) is 9.74. The first-order valence-corrected chi connectivity index (χ1v) is 6.84. The van der Waals surface area contributed by atoms with Crippen molar-refractivity contribution in [2.24, 2.45) is 0 Å². The second-order valence-electron chi connectivity index (χ2n) is 4.44. The summed E-state index contributed by atoms with van der Waals surface area (Å²) in [5, 5.41) is 3.41. The molecule has 1 aromatic heterocycles. The summed E-state index contributed by atoms with van der Waals surface area (Å²) < 4.78 is 18.5. The van der Waals surface area contributed by atoms with Gasteiger partial charge in [0, 0.05) is 0 Å². The van der Waals surface area contributed by atoms with E-state index in [0.717, 1.165) is 23.6 Å². The molecule has 0 aliphatic carbocycles. The molecule has 1 N–H and O–H groups in total. The van der Waals surface area contributed by atoms with Gasteiger partial charge >= 0.3 is 0 Å². The average molecular weight is 274 g/mol. The van der Waals surface area contributed by atoms with Crippen LogP contribution in [0.5, 0.6) is 5.75 Å². The Morgan fingerprint density at radius 3 is 2.65 bits per heavy atom. The smallest absolute Gasteiger partial charge is 0.142 e. The largest absolute Gasteiger partial charge is 0.492 e. The molecule has 0 bridgehead atoms. The van der Waals surface area contributed by atoms with Crippen LogP contribution >= 0.6 is 0 Å². The van der Waals surface area contributed by atoms with Gasteiger partial charge in [0.05, 0.1) is 30.2 Å². The van der Waals surface area contributed by atoms with Crippen LogP contribution in [0.15, 0.2) is 42.6 Å². The van der Waals surface area contributed by atoms with E-state index < -0.39 is 0 Å². The van der Waals surface area contributed by atoms with E-state index in [2.05, 4.69) is 17.2 Å². The number of pyridine rings is 1. The van der Waals surface area contributed by atoms with Crippen molar-refractivity contribution in [1.29, 1.82) is 0 Å². The molecule has 0 radical (unpaired) electrons. The molecule has 1 atom stereocenters. The zero-order valence-electron chi connectivity index (χ0n) is 11.8. The fourth-order valence-electron chi connectivity index (χ4n) is 2.03. The summed E-state index contributed by atoms with van der Waals surface area (Å²) in [6.45, 7) is 4.63. The first-order valence-electron chi connectivity index (χ1n) is 6.84. The van der Waals surface area contributed by atoms with E-state index >= 15 is 0 Å². The third-order valence-electron chi connectivity index (χ3n) is 3.03. The molecule has 0 fully saturated rings. The quantitative estimate of drug-likeness (QED) is 0.858. The summed E-state index contributed by atoms with van der Waals surface area (Å²) >= 11 is 0.